The molecule has 0 spiro atoms. The number of rotatable bonds is 2. The van der Waals surface area contributed by atoms with Gasteiger partial charge in [0.25, 0.3) is 0 Å². The molecule has 1 amide bonds. The van der Waals surface area contributed by atoms with E-state index in [1.54, 1.807) is 0 Å². The standard InChI is InChI=1S/C16H23ClN2O/c1-16(2,3)15(20)18-13-9-7-8-12(17)14(13)19-10-5-4-6-11-19/h7-9H,4-6,10-11H2,1-3H3,(H,18,20). The van der Waals surface area contributed by atoms with E-state index in [9.17, 15) is 4.79 Å². The summed E-state index contributed by atoms with van der Waals surface area (Å²) in [5.74, 6) is 0.0121. The average molecular weight is 295 g/mol. The van der Waals surface area contributed by atoms with Crippen LogP contribution >= 0.6 is 11.6 Å². The van der Waals surface area contributed by atoms with Gasteiger partial charge in [0.15, 0.2) is 0 Å². The summed E-state index contributed by atoms with van der Waals surface area (Å²) >= 11 is 6.37. The van der Waals surface area contributed by atoms with Gasteiger partial charge >= 0.3 is 0 Å². The molecule has 1 fully saturated rings. The summed E-state index contributed by atoms with van der Waals surface area (Å²) in [6.45, 7) is 7.73. The van der Waals surface area contributed by atoms with Crippen molar-refractivity contribution in [2.75, 3.05) is 23.3 Å². The first kappa shape index (κ1) is 15.2. The molecule has 1 aromatic carbocycles. The van der Waals surface area contributed by atoms with Gasteiger partial charge in [0.05, 0.1) is 16.4 Å². The van der Waals surface area contributed by atoms with E-state index >= 15 is 0 Å². The van der Waals surface area contributed by atoms with Crippen molar-refractivity contribution >= 4 is 28.9 Å². The maximum absolute atomic E-state index is 12.2. The van der Waals surface area contributed by atoms with E-state index in [2.05, 4.69) is 10.2 Å². The van der Waals surface area contributed by atoms with Crippen LogP contribution in [0.5, 0.6) is 0 Å². The number of amides is 1. The molecule has 110 valence electrons. The molecule has 1 aliphatic rings. The SMILES string of the molecule is CC(C)(C)C(=O)Nc1cccc(Cl)c1N1CCCCC1. The maximum Gasteiger partial charge on any atom is 0.229 e. The molecule has 1 saturated heterocycles. The van der Waals surface area contributed by atoms with Crippen LogP contribution in [0, 0.1) is 5.41 Å². The Balaban J connectivity index is 2.28. The van der Waals surface area contributed by atoms with Gasteiger partial charge in [0, 0.05) is 18.5 Å². The molecule has 0 aliphatic carbocycles. The second-order valence-electron chi connectivity index (χ2n) is 6.39. The van der Waals surface area contributed by atoms with Crippen molar-refractivity contribution in [2.24, 2.45) is 5.41 Å². The van der Waals surface area contributed by atoms with Crippen molar-refractivity contribution in [3.8, 4) is 0 Å². The fourth-order valence-electron chi connectivity index (χ4n) is 2.36. The first-order valence-corrected chi connectivity index (χ1v) is 7.62. The number of para-hydroxylation sites is 1. The predicted octanol–water partition coefficient (Wildman–Crippen LogP) is 4.31. The monoisotopic (exact) mass is 294 g/mol. The molecule has 0 atom stereocenters. The molecule has 1 N–H and O–H groups in total. The topological polar surface area (TPSA) is 32.3 Å². The molecule has 1 aliphatic heterocycles. The second kappa shape index (κ2) is 6.04. The van der Waals surface area contributed by atoms with Crippen LogP contribution in [0.25, 0.3) is 0 Å². The normalized spacial score (nSPS) is 16.1. The summed E-state index contributed by atoms with van der Waals surface area (Å²) in [6.07, 6.45) is 3.63. The van der Waals surface area contributed by atoms with Crippen LogP contribution in [-0.2, 0) is 4.79 Å². The van der Waals surface area contributed by atoms with Gasteiger partial charge in [-0.25, -0.2) is 0 Å². The van der Waals surface area contributed by atoms with Crippen LogP contribution in [0.15, 0.2) is 18.2 Å². The van der Waals surface area contributed by atoms with Crippen molar-refractivity contribution in [1.82, 2.24) is 0 Å². The van der Waals surface area contributed by atoms with Gasteiger partial charge in [-0.2, -0.15) is 0 Å². The molecule has 2 rings (SSSR count). The van der Waals surface area contributed by atoms with E-state index in [-0.39, 0.29) is 5.91 Å². The van der Waals surface area contributed by atoms with Crippen molar-refractivity contribution in [1.29, 1.82) is 0 Å². The summed E-state index contributed by atoms with van der Waals surface area (Å²) in [4.78, 5) is 14.5. The smallest absolute Gasteiger partial charge is 0.229 e. The van der Waals surface area contributed by atoms with Crippen LogP contribution < -0.4 is 10.2 Å². The van der Waals surface area contributed by atoms with E-state index in [0.29, 0.717) is 5.02 Å². The quantitative estimate of drug-likeness (QED) is 0.881. The lowest BCUT2D eigenvalue weighted by Crippen LogP contribution is -2.32. The third-order valence-corrected chi connectivity index (χ3v) is 3.89. The number of halogens is 1. The molecule has 3 nitrogen and oxygen atoms in total. The minimum Gasteiger partial charge on any atom is -0.369 e. The molecule has 0 aromatic heterocycles. The number of nitrogens with zero attached hydrogens (tertiary/aromatic N) is 1. The van der Waals surface area contributed by atoms with E-state index < -0.39 is 5.41 Å². The summed E-state index contributed by atoms with van der Waals surface area (Å²) in [5, 5.41) is 3.73. The van der Waals surface area contributed by atoms with Crippen molar-refractivity contribution in [3.05, 3.63) is 23.2 Å². The lowest BCUT2D eigenvalue weighted by Gasteiger charge is -2.32. The Morgan fingerprint density at radius 3 is 2.45 bits per heavy atom. The minimum absolute atomic E-state index is 0.0121. The molecule has 1 aromatic rings. The highest BCUT2D eigenvalue weighted by atomic mass is 35.5. The molecular formula is C16H23ClN2O. The van der Waals surface area contributed by atoms with Crippen LogP contribution in [0.4, 0.5) is 11.4 Å². The Morgan fingerprint density at radius 2 is 1.85 bits per heavy atom. The third kappa shape index (κ3) is 3.45. The number of anilines is 2. The first-order valence-electron chi connectivity index (χ1n) is 7.24. The van der Waals surface area contributed by atoms with Gasteiger partial charge in [0.1, 0.15) is 0 Å². The van der Waals surface area contributed by atoms with Gasteiger partial charge in [-0.05, 0) is 31.4 Å². The highest BCUT2D eigenvalue weighted by Crippen LogP contribution is 2.36. The number of carbonyl (C=O) groups excluding carboxylic acids is 1. The Morgan fingerprint density at radius 1 is 1.20 bits per heavy atom. The zero-order valence-corrected chi connectivity index (χ0v) is 13.3. The van der Waals surface area contributed by atoms with Crippen molar-refractivity contribution < 1.29 is 4.79 Å². The van der Waals surface area contributed by atoms with Crippen molar-refractivity contribution in [3.63, 3.8) is 0 Å². The third-order valence-electron chi connectivity index (χ3n) is 3.59. The highest BCUT2D eigenvalue weighted by Gasteiger charge is 2.24. The zero-order valence-electron chi connectivity index (χ0n) is 12.5. The second-order valence-corrected chi connectivity index (χ2v) is 6.80. The van der Waals surface area contributed by atoms with Gasteiger partial charge in [-0.15, -0.1) is 0 Å². The fourth-order valence-corrected chi connectivity index (χ4v) is 2.66. The number of benzene rings is 1. The van der Waals surface area contributed by atoms with Crippen LogP contribution in [0.2, 0.25) is 5.02 Å². The van der Waals surface area contributed by atoms with Gasteiger partial charge in [-0.3, -0.25) is 4.79 Å². The van der Waals surface area contributed by atoms with Gasteiger partial charge in [-0.1, -0.05) is 38.4 Å². The Kier molecular flexibility index (Phi) is 4.59. The lowest BCUT2D eigenvalue weighted by atomic mass is 9.95. The molecule has 0 saturated carbocycles. The molecule has 20 heavy (non-hydrogen) atoms. The molecule has 0 bridgehead atoms. The van der Waals surface area contributed by atoms with E-state index in [4.69, 9.17) is 11.6 Å². The lowest BCUT2D eigenvalue weighted by molar-refractivity contribution is -0.123. The largest absolute Gasteiger partial charge is 0.369 e. The number of hydrogen-bond donors (Lipinski definition) is 1. The summed E-state index contributed by atoms with van der Waals surface area (Å²) < 4.78 is 0. The fraction of sp³-hybridized carbons (Fsp3) is 0.562. The summed E-state index contributed by atoms with van der Waals surface area (Å²) in [7, 11) is 0. The molecular weight excluding hydrogens is 272 g/mol. The van der Waals surface area contributed by atoms with Gasteiger partial charge < -0.3 is 10.2 Å². The molecule has 1 heterocycles. The minimum atomic E-state index is -0.415. The summed E-state index contributed by atoms with van der Waals surface area (Å²) in [6, 6.07) is 5.70. The first-order chi connectivity index (χ1) is 9.39. The van der Waals surface area contributed by atoms with Crippen LogP contribution in [-0.4, -0.2) is 19.0 Å². The Hall–Kier alpha value is -1.22. The van der Waals surface area contributed by atoms with Crippen LogP contribution in [0.1, 0.15) is 40.0 Å². The number of nitrogens with one attached hydrogen (secondary N) is 1. The highest BCUT2D eigenvalue weighted by molar-refractivity contribution is 6.34. The van der Waals surface area contributed by atoms with Crippen molar-refractivity contribution in [2.45, 2.75) is 40.0 Å². The predicted molar refractivity (Wildman–Crippen MR) is 85.6 cm³/mol. The van der Waals surface area contributed by atoms with Crippen LogP contribution in [0.3, 0.4) is 0 Å². The Bertz CT molecular complexity index is 488. The zero-order chi connectivity index (χ0) is 14.8. The van der Waals surface area contributed by atoms with E-state index in [0.717, 1.165) is 24.5 Å². The number of piperidine rings is 1. The molecule has 4 heteroatoms. The van der Waals surface area contributed by atoms with E-state index in [1.807, 2.05) is 39.0 Å². The molecule has 0 radical (unpaired) electrons. The summed E-state index contributed by atoms with van der Waals surface area (Å²) in [5.41, 5.74) is 1.37. The number of hydrogen-bond acceptors (Lipinski definition) is 2. The maximum atomic E-state index is 12.2. The average Bonchev–Trinajstić information content (AvgIpc) is 2.39. The van der Waals surface area contributed by atoms with Gasteiger partial charge in [0.2, 0.25) is 5.91 Å². The number of carbonyl (C=O) groups is 1. The Labute approximate surface area is 126 Å². The van der Waals surface area contributed by atoms with E-state index in [1.165, 1.54) is 19.3 Å². The molecule has 0 unspecified atom stereocenters.